The average molecular weight is 329 g/mol. The van der Waals surface area contributed by atoms with Gasteiger partial charge in [-0.2, -0.15) is 4.98 Å². The minimum atomic E-state index is 0.177. The van der Waals surface area contributed by atoms with Gasteiger partial charge in [-0.3, -0.25) is 0 Å². The van der Waals surface area contributed by atoms with Gasteiger partial charge < -0.3 is 10.3 Å². The van der Waals surface area contributed by atoms with Crippen molar-refractivity contribution < 1.29 is 4.52 Å². The Morgan fingerprint density at radius 3 is 2.71 bits per heavy atom. The number of halogens is 2. The van der Waals surface area contributed by atoms with Crippen molar-refractivity contribution in [3.63, 3.8) is 0 Å². The van der Waals surface area contributed by atoms with Crippen molar-refractivity contribution in [1.82, 2.24) is 15.1 Å². The molecule has 0 bridgehead atoms. The van der Waals surface area contributed by atoms with E-state index in [1.54, 1.807) is 6.07 Å². The lowest BCUT2D eigenvalue weighted by molar-refractivity contribution is 0.349. The summed E-state index contributed by atoms with van der Waals surface area (Å²) in [4.78, 5) is 8.51. The van der Waals surface area contributed by atoms with E-state index in [2.05, 4.69) is 22.0 Å². The predicted octanol–water partition coefficient (Wildman–Crippen LogP) is 4.06. The smallest absolute Gasteiger partial charge is 0.229 e. The van der Waals surface area contributed by atoms with E-state index in [1.165, 1.54) is 6.20 Å². The number of rotatable bonds is 6. The first-order chi connectivity index (χ1) is 9.97. The summed E-state index contributed by atoms with van der Waals surface area (Å²) >= 11 is 11.9. The Balaban J connectivity index is 2.07. The van der Waals surface area contributed by atoms with Gasteiger partial charge in [-0.1, -0.05) is 41.7 Å². The zero-order valence-corrected chi connectivity index (χ0v) is 13.5. The van der Waals surface area contributed by atoms with Crippen LogP contribution in [0.1, 0.15) is 44.9 Å². The first-order valence-electron chi connectivity index (χ1n) is 6.88. The Kier molecular flexibility index (Phi) is 5.56. The van der Waals surface area contributed by atoms with Crippen LogP contribution in [-0.4, -0.2) is 21.2 Å². The third kappa shape index (κ3) is 4.40. The molecule has 0 aliphatic rings. The Bertz CT molecular complexity index is 600. The number of aromatic nitrogens is 3. The van der Waals surface area contributed by atoms with E-state index in [0.29, 0.717) is 27.5 Å². The lowest BCUT2D eigenvalue weighted by atomic mass is 10.0. The second-order valence-corrected chi connectivity index (χ2v) is 6.09. The molecule has 2 rings (SSSR count). The molecule has 0 radical (unpaired) electrons. The van der Waals surface area contributed by atoms with E-state index in [1.807, 2.05) is 6.92 Å². The highest BCUT2D eigenvalue weighted by molar-refractivity contribution is 6.35. The van der Waals surface area contributed by atoms with E-state index < -0.39 is 0 Å². The third-order valence-electron chi connectivity index (χ3n) is 3.18. The SMILES string of the molecule is CC(N)CCCC(C)c1nc(-c2ncc(Cl)cc2Cl)no1. The maximum Gasteiger partial charge on any atom is 0.229 e. The van der Waals surface area contributed by atoms with Crippen molar-refractivity contribution in [2.24, 2.45) is 5.73 Å². The van der Waals surface area contributed by atoms with Crippen LogP contribution in [0.4, 0.5) is 0 Å². The summed E-state index contributed by atoms with van der Waals surface area (Å²) in [6.45, 7) is 4.05. The van der Waals surface area contributed by atoms with Crippen LogP contribution in [-0.2, 0) is 0 Å². The standard InChI is InChI=1S/C14H18Cl2N4O/c1-8(4-3-5-9(2)17)14-19-13(20-21-14)12-11(16)6-10(15)7-18-12/h6-9H,3-5,17H2,1-2H3. The summed E-state index contributed by atoms with van der Waals surface area (Å²) in [5.41, 5.74) is 6.21. The van der Waals surface area contributed by atoms with Crippen LogP contribution in [0.15, 0.2) is 16.8 Å². The molecule has 2 atom stereocenters. The normalized spacial score (nSPS) is 14.1. The fraction of sp³-hybridized carbons (Fsp3) is 0.500. The van der Waals surface area contributed by atoms with E-state index in [0.717, 1.165) is 19.3 Å². The maximum atomic E-state index is 6.09. The molecular weight excluding hydrogens is 311 g/mol. The van der Waals surface area contributed by atoms with E-state index >= 15 is 0 Å². The summed E-state index contributed by atoms with van der Waals surface area (Å²) in [5, 5.41) is 4.81. The van der Waals surface area contributed by atoms with Crippen LogP contribution in [0.5, 0.6) is 0 Å². The zero-order valence-electron chi connectivity index (χ0n) is 12.0. The third-order valence-corrected chi connectivity index (χ3v) is 3.67. The van der Waals surface area contributed by atoms with Crippen molar-refractivity contribution >= 4 is 23.2 Å². The first-order valence-corrected chi connectivity index (χ1v) is 7.63. The molecule has 2 aromatic rings. The van der Waals surface area contributed by atoms with Crippen molar-refractivity contribution in [3.8, 4) is 11.5 Å². The Morgan fingerprint density at radius 2 is 2.05 bits per heavy atom. The van der Waals surface area contributed by atoms with Crippen molar-refractivity contribution in [2.75, 3.05) is 0 Å². The Morgan fingerprint density at radius 1 is 1.29 bits per heavy atom. The molecule has 21 heavy (non-hydrogen) atoms. The van der Waals surface area contributed by atoms with Crippen molar-refractivity contribution in [3.05, 3.63) is 28.2 Å². The second-order valence-electron chi connectivity index (χ2n) is 5.25. The lowest BCUT2D eigenvalue weighted by Gasteiger charge is -2.07. The predicted molar refractivity (Wildman–Crippen MR) is 83.5 cm³/mol. The van der Waals surface area contributed by atoms with E-state index in [-0.39, 0.29) is 12.0 Å². The number of pyridine rings is 1. The highest BCUT2D eigenvalue weighted by Crippen LogP contribution is 2.28. The minimum absolute atomic E-state index is 0.177. The van der Waals surface area contributed by atoms with Crippen LogP contribution < -0.4 is 5.73 Å². The summed E-state index contributed by atoms with van der Waals surface area (Å²) in [6.07, 6.45) is 4.46. The molecule has 0 fully saturated rings. The molecule has 2 heterocycles. The van der Waals surface area contributed by atoms with Gasteiger partial charge in [-0.25, -0.2) is 4.98 Å². The Labute approximate surface area is 133 Å². The van der Waals surface area contributed by atoms with Crippen LogP contribution in [0.3, 0.4) is 0 Å². The molecule has 2 aromatic heterocycles. The van der Waals surface area contributed by atoms with Gasteiger partial charge in [0.15, 0.2) is 0 Å². The summed E-state index contributed by atoms with van der Waals surface area (Å²) in [6, 6.07) is 1.82. The Hall–Kier alpha value is -1.17. The molecule has 0 aliphatic carbocycles. The molecule has 7 heteroatoms. The molecule has 0 aromatic carbocycles. The molecule has 0 aliphatic heterocycles. The fourth-order valence-electron chi connectivity index (χ4n) is 1.98. The highest BCUT2D eigenvalue weighted by atomic mass is 35.5. The molecule has 0 saturated heterocycles. The molecule has 0 amide bonds. The van der Waals surface area contributed by atoms with Crippen molar-refractivity contribution in [2.45, 2.75) is 45.1 Å². The summed E-state index contributed by atoms with van der Waals surface area (Å²) in [7, 11) is 0. The molecule has 2 N–H and O–H groups in total. The highest BCUT2D eigenvalue weighted by Gasteiger charge is 2.17. The van der Waals surface area contributed by atoms with Crippen LogP contribution in [0.25, 0.3) is 11.5 Å². The molecule has 5 nitrogen and oxygen atoms in total. The van der Waals surface area contributed by atoms with Gasteiger partial charge in [0.2, 0.25) is 11.7 Å². The van der Waals surface area contributed by atoms with Crippen LogP contribution in [0, 0.1) is 0 Å². The average Bonchev–Trinajstić information content (AvgIpc) is 2.87. The zero-order chi connectivity index (χ0) is 15.4. The van der Waals surface area contributed by atoms with Gasteiger partial charge in [0, 0.05) is 18.2 Å². The topological polar surface area (TPSA) is 77.8 Å². The minimum Gasteiger partial charge on any atom is -0.339 e. The number of nitrogens with zero attached hydrogens (tertiary/aromatic N) is 3. The van der Waals surface area contributed by atoms with E-state index in [9.17, 15) is 0 Å². The van der Waals surface area contributed by atoms with Gasteiger partial charge in [-0.05, 0) is 25.8 Å². The summed E-state index contributed by atoms with van der Waals surface area (Å²) < 4.78 is 5.30. The fourth-order valence-corrected chi connectivity index (χ4v) is 2.44. The number of hydrogen-bond donors (Lipinski definition) is 1. The van der Waals surface area contributed by atoms with Gasteiger partial charge in [0.05, 0.1) is 10.0 Å². The monoisotopic (exact) mass is 328 g/mol. The van der Waals surface area contributed by atoms with Crippen molar-refractivity contribution in [1.29, 1.82) is 0 Å². The maximum absolute atomic E-state index is 6.09. The molecular formula is C14H18Cl2N4O. The summed E-state index contributed by atoms with van der Waals surface area (Å²) in [5.74, 6) is 1.14. The first kappa shape index (κ1) is 16.2. The molecule has 0 spiro atoms. The number of nitrogens with two attached hydrogens (primary N) is 1. The second kappa shape index (κ2) is 7.20. The quantitative estimate of drug-likeness (QED) is 0.865. The van der Waals surface area contributed by atoms with Crippen LogP contribution >= 0.6 is 23.2 Å². The lowest BCUT2D eigenvalue weighted by Crippen LogP contribution is -2.14. The van der Waals surface area contributed by atoms with Gasteiger partial charge in [-0.15, -0.1) is 0 Å². The molecule has 2 unspecified atom stereocenters. The van der Waals surface area contributed by atoms with Gasteiger partial charge in [0.25, 0.3) is 0 Å². The largest absolute Gasteiger partial charge is 0.339 e. The van der Waals surface area contributed by atoms with Gasteiger partial charge >= 0.3 is 0 Å². The van der Waals surface area contributed by atoms with E-state index in [4.69, 9.17) is 33.5 Å². The van der Waals surface area contributed by atoms with Crippen LogP contribution in [0.2, 0.25) is 10.0 Å². The molecule has 0 saturated carbocycles. The number of hydrogen-bond acceptors (Lipinski definition) is 5. The molecule has 114 valence electrons. The van der Waals surface area contributed by atoms with Gasteiger partial charge in [0.1, 0.15) is 5.69 Å².